The Morgan fingerprint density at radius 3 is 2.62 bits per heavy atom. The summed E-state index contributed by atoms with van der Waals surface area (Å²) in [6.45, 7) is 0.604. The third kappa shape index (κ3) is 3.01. The minimum Gasteiger partial charge on any atom is -0.326 e. The highest BCUT2D eigenvalue weighted by atomic mass is 79.9. The molecule has 0 bridgehead atoms. The van der Waals surface area contributed by atoms with Crippen molar-refractivity contribution >= 4 is 27.5 Å². The van der Waals surface area contributed by atoms with E-state index in [1.165, 1.54) is 6.07 Å². The molecule has 0 saturated carbocycles. The minimum atomic E-state index is -0.370. The average molecular weight is 366 g/mol. The van der Waals surface area contributed by atoms with Crippen LogP contribution in [-0.2, 0) is 6.54 Å². The number of imidazole rings is 1. The van der Waals surface area contributed by atoms with E-state index in [9.17, 15) is 4.39 Å². The maximum absolute atomic E-state index is 14.0. The van der Waals surface area contributed by atoms with Crippen molar-refractivity contribution in [3.05, 3.63) is 75.7 Å². The lowest BCUT2D eigenvalue weighted by Crippen LogP contribution is -2.02. The van der Waals surface area contributed by atoms with Gasteiger partial charge in [0.15, 0.2) is 0 Å². The van der Waals surface area contributed by atoms with Crippen LogP contribution in [0.25, 0.3) is 11.4 Å². The first-order valence-electron chi connectivity index (χ1n) is 6.35. The number of halogens is 3. The number of rotatable bonds is 3. The molecule has 3 rings (SSSR count). The van der Waals surface area contributed by atoms with E-state index in [-0.39, 0.29) is 5.82 Å². The highest BCUT2D eigenvalue weighted by molar-refractivity contribution is 9.10. The first-order chi connectivity index (χ1) is 10.1. The number of hydrogen-bond acceptors (Lipinski definition) is 1. The van der Waals surface area contributed by atoms with Crippen molar-refractivity contribution in [3.63, 3.8) is 0 Å². The summed E-state index contributed by atoms with van der Waals surface area (Å²) in [4.78, 5) is 4.25. The van der Waals surface area contributed by atoms with Crippen molar-refractivity contribution in [2.45, 2.75) is 6.54 Å². The molecule has 0 radical (unpaired) electrons. The Kier molecular flexibility index (Phi) is 4.08. The van der Waals surface area contributed by atoms with Gasteiger partial charge in [0.2, 0.25) is 0 Å². The molecular formula is C16H11BrClFN2. The average Bonchev–Trinajstić information content (AvgIpc) is 2.89. The van der Waals surface area contributed by atoms with Crippen molar-refractivity contribution < 1.29 is 4.39 Å². The summed E-state index contributed by atoms with van der Waals surface area (Å²) in [6.07, 6.45) is 3.47. The van der Waals surface area contributed by atoms with Gasteiger partial charge in [-0.15, -0.1) is 0 Å². The molecule has 21 heavy (non-hydrogen) atoms. The van der Waals surface area contributed by atoms with Gasteiger partial charge >= 0.3 is 0 Å². The van der Waals surface area contributed by atoms with Crippen LogP contribution in [0.2, 0.25) is 5.02 Å². The van der Waals surface area contributed by atoms with Gasteiger partial charge in [-0.25, -0.2) is 9.37 Å². The molecule has 0 unspecified atom stereocenters. The van der Waals surface area contributed by atoms with Crippen molar-refractivity contribution in [2.75, 3.05) is 0 Å². The van der Waals surface area contributed by atoms with Crippen LogP contribution < -0.4 is 0 Å². The molecular weight excluding hydrogens is 355 g/mol. The first-order valence-corrected chi connectivity index (χ1v) is 7.52. The van der Waals surface area contributed by atoms with E-state index < -0.39 is 0 Å². The summed E-state index contributed by atoms with van der Waals surface area (Å²) in [5.74, 6) is 0.159. The van der Waals surface area contributed by atoms with Gasteiger partial charge in [-0.05, 0) is 29.8 Å². The molecule has 0 aliphatic rings. The van der Waals surface area contributed by atoms with Gasteiger partial charge in [-0.2, -0.15) is 0 Å². The van der Waals surface area contributed by atoms with Gasteiger partial charge in [0.05, 0.1) is 10.6 Å². The van der Waals surface area contributed by atoms with E-state index >= 15 is 0 Å². The third-order valence-electron chi connectivity index (χ3n) is 3.17. The fourth-order valence-electron chi connectivity index (χ4n) is 2.16. The number of aromatic nitrogens is 2. The molecule has 0 atom stereocenters. The third-order valence-corrected chi connectivity index (χ3v) is 4.01. The zero-order valence-corrected chi connectivity index (χ0v) is 13.3. The lowest BCUT2D eigenvalue weighted by Gasteiger charge is -2.10. The Balaban J connectivity index is 2.00. The Morgan fingerprint density at radius 1 is 1.14 bits per heavy atom. The molecule has 1 heterocycles. The topological polar surface area (TPSA) is 17.8 Å². The monoisotopic (exact) mass is 364 g/mol. The second-order valence-corrected chi connectivity index (χ2v) is 5.92. The van der Waals surface area contributed by atoms with Gasteiger partial charge in [-0.1, -0.05) is 45.7 Å². The summed E-state index contributed by atoms with van der Waals surface area (Å²) in [7, 11) is 0. The molecule has 106 valence electrons. The van der Waals surface area contributed by atoms with E-state index in [1.54, 1.807) is 18.3 Å². The number of benzene rings is 2. The summed E-state index contributed by atoms with van der Waals surface area (Å²) >= 11 is 9.52. The lowest BCUT2D eigenvalue weighted by atomic mass is 10.2. The van der Waals surface area contributed by atoms with Crippen LogP contribution in [0.15, 0.2) is 59.3 Å². The van der Waals surface area contributed by atoms with Crippen molar-refractivity contribution in [1.82, 2.24) is 9.55 Å². The van der Waals surface area contributed by atoms with Gasteiger partial charge < -0.3 is 4.57 Å². The molecule has 2 nitrogen and oxygen atoms in total. The number of hydrogen-bond donors (Lipinski definition) is 0. The predicted octanol–water partition coefficient (Wildman–Crippen LogP) is 5.15. The summed E-state index contributed by atoms with van der Waals surface area (Å²) in [5, 5.41) is 0.359. The van der Waals surface area contributed by atoms with Crippen LogP contribution in [0, 0.1) is 5.82 Å². The van der Waals surface area contributed by atoms with Crippen molar-refractivity contribution in [2.24, 2.45) is 0 Å². The van der Waals surface area contributed by atoms with E-state index in [0.29, 0.717) is 23.0 Å². The molecule has 0 N–H and O–H groups in total. The van der Waals surface area contributed by atoms with Crippen LogP contribution in [0.1, 0.15) is 5.56 Å². The minimum absolute atomic E-state index is 0.335. The largest absolute Gasteiger partial charge is 0.326 e. The predicted molar refractivity (Wildman–Crippen MR) is 85.9 cm³/mol. The van der Waals surface area contributed by atoms with Gasteiger partial charge in [-0.3, -0.25) is 0 Å². The first kappa shape index (κ1) is 14.3. The summed E-state index contributed by atoms with van der Waals surface area (Å²) < 4.78 is 16.9. The maximum Gasteiger partial charge on any atom is 0.144 e. The SMILES string of the molecule is Fc1cccc(Cl)c1-c1nccn1Cc1ccc(Br)cc1. The fraction of sp³-hybridized carbons (Fsp3) is 0.0625. The standard InChI is InChI=1S/C16H11BrClFN2/c17-12-6-4-11(5-7-12)10-21-9-8-20-16(21)15-13(18)2-1-3-14(15)19/h1-9H,10H2. The Bertz CT molecular complexity index is 748. The normalized spacial score (nSPS) is 10.8. The highest BCUT2D eigenvalue weighted by Crippen LogP contribution is 2.29. The molecule has 0 aliphatic heterocycles. The van der Waals surface area contributed by atoms with Crippen LogP contribution in [-0.4, -0.2) is 9.55 Å². The molecule has 5 heteroatoms. The maximum atomic E-state index is 14.0. The van der Waals surface area contributed by atoms with E-state index in [2.05, 4.69) is 20.9 Å². The Morgan fingerprint density at radius 2 is 1.90 bits per heavy atom. The van der Waals surface area contributed by atoms with E-state index in [0.717, 1.165) is 10.0 Å². The Labute approximate surface area is 135 Å². The lowest BCUT2D eigenvalue weighted by molar-refractivity contribution is 0.628. The molecule has 1 aromatic heterocycles. The molecule has 0 spiro atoms. The molecule has 0 fully saturated rings. The summed E-state index contributed by atoms with van der Waals surface area (Å²) in [6, 6.07) is 12.6. The van der Waals surface area contributed by atoms with E-state index in [4.69, 9.17) is 11.6 Å². The second kappa shape index (κ2) is 6.00. The highest BCUT2D eigenvalue weighted by Gasteiger charge is 2.14. The molecule has 0 amide bonds. The van der Waals surface area contributed by atoms with Crippen molar-refractivity contribution in [3.8, 4) is 11.4 Å². The molecule has 3 aromatic rings. The van der Waals surface area contributed by atoms with Gasteiger partial charge in [0.1, 0.15) is 11.6 Å². The smallest absolute Gasteiger partial charge is 0.144 e. The molecule has 0 aliphatic carbocycles. The quantitative estimate of drug-likeness (QED) is 0.627. The van der Waals surface area contributed by atoms with Crippen LogP contribution in [0.4, 0.5) is 4.39 Å². The summed E-state index contributed by atoms with van der Waals surface area (Å²) in [5.41, 5.74) is 1.44. The Hall–Kier alpha value is -1.65. The van der Waals surface area contributed by atoms with Gasteiger partial charge in [0, 0.05) is 23.4 Å². The number of nitrogens with zero attached hydrogens (tertiary/aromatic N) is 2. The zero-order chi connectivity index (χ0) is 14.8. The van der Waals surface area contributed by atoms with Crippen LogP contribution in [0.5, 0.6) is 0 Å². The van der Waals surface area contributed by atoms with Crippen LogP contribution >= 0.6 is 27.5 Å². The van der Waals surface area contributed by atoms with E-state index in [1.807, 2.05) is 35.0 Å². The molecule has 0 saturated heterocycles. The second-order valence-electron chi connectivity index (χ2n) is 4.60. The van der Waals surface area contributed by atoms with Gasteiger partial charge in [0.25, 0.3) is 0 Å². The zero-order valence-electron chi connectivity index (χ0n) is 10.9. The fourth-order valence-corrected chi connectivity index (χ4v) is 2.67. The van der Waals surface area contributed by atoms with Crippen LogP contribution in [0.3, 0.4) is 0 Å². The van der Waals surface area contributed by atoms with Crippen molar-refractivity contribution in [1.29, 1.82) is 0 Å². The molecule has 2 aromatic carbocycles.